The molecule has 2 saturated carbocycles. The van der Waals surface area contributed by atoms with E-state index in [1.165, 1.54) is 11.1 Å². The van der Waals surface area contributed by atoms with Gasteiger partial charge in [-0.2, -0.15) is 0 Å². The number of ether oxygens (including phenoxy) is 1. The summed E-state index contributed by atoms with van der Waals surface area (Å²) in [6, 6.07) is 5.83. The molecule has 0 aromatic heterocycles. The number of carbonyl (C=O) groups is 1. The summed E-state index contributed by atoms with van der Waals surface area (Å²) >= 11 is 0. The molecule has 5 atom stereocenters. The van der Waals surface area contributed by atoms with Gasteiger partial charge >= 0.3 is 0 Å². The summed E-state index contributed by atoms with van der Waals surface area (Å²) in [4.78, 5) is 12.6. The fraction of sp³-hybridized carbons (Fsp3) is 0.632. The molecule has 0 radical (unpaired) electrons. The first-order valence-electron chi connectivity index (χ1n) is 8.42. The highest BCUT2D eigenvalue weighted by Gasteiger charge is 2.59. The van der Waals surface area contributed by atoms with Crippen LogP contribution in [0.15, 0.2) is 18.2 Å². The summed E-state index contributed by atoms with van der Waals surface area (Å²) < 4.78 is 5.71. The molecule has 1 aromatic rings. The average molecular weight is 300 g/mol. The lowest BCUT2D eigenvalue weighted by molar-refractivity contribution is -0.129. The van der Waals surface area contributed by atoms with Crippen molar-refractivity contribution in [3.05, 3.63) is 29.3 Å². The predicted octanol–water partition coefficient (Wildman–Crippen LogP) is 3.44. The Labute approximate surface area is 131 Å². The van der Waals surface area contributed by atoms with Gasteiger partial charge < -0.3 is 9.84 Å². The molecule has 0 bridgehead atoms. The van der Waals surface area contributed by atoms with Gasteiger partial charge in [0.1, 0.15) is 11.5 Å². The number of aromatic hydroxyl groups is 1. The molecule has 2 fully saturated rings. The Morgan fingerprint density at radius 2 is 2.14 bits per heavy atom. The second-order valence-electron chi connectivity index (χ2n) is 7.58. The number of methoxy groups -OCH3 is 1. The molecule has 3 aliphatic rings. The van der Waals surface area contributed by atoms with Crippen molar-refractivity contribution in [1.29, 1.82) is 0 Å². The molecule has 4 rings (SSSR count). The Morgan fingerprint density at radius 1 is 1.32 bits per heavy atom. The van der Waals surface area contributed by atoms with Gasteiger partial charge in [0.2, 0.25) is 0 Å². The van der Waals surface area contributed by atoms with E-state index in [2.05, 4.69) is 13.0 Å². The number of benzene rings is 1. The summed E-state index contributed by atoms with van der Waals surface area (Å²) in [6.45, 7) is 2.17. The highest BCUT2D eigenvalue weighted by Crippen LogP contribution is 2.60. The number of Topliss-reactive ketones (excluding diaryl/α,β-unsaturated/α-hetero) is 1. The minimum absolute atomic E-state index is 0.0870. The average Bonchev–Trinajstić information content (AvgIpc) is 2.78. The van der Waals surface area contributed by atoms with E-state index in [0.717, 1.165) is 25.7 Å². The van der Waals surface area contributed by atoms with E-state index in [0.29, 0.717) is 35.7 Å². The third-order valence-electron chi connectivity index (χ3n) is 6.69. The van der Waals surface area contributed by atoms with Crippen molar-refractivity contribution >= 4 is 5.78 Å². The monoisotopic (exact) mass is 300 g/mol. The molecule has 3 nitrogen and oxygen atoms in total. The molecular weight excluding hydrogens is 276 g/mol. The Bertz CT molecular complexity index is 623. The SMILES string of the molecule is COC1CC(=O)C2(C)CCC3c4ccc(O)cc4CCC3C12. The lowest BCUT2D eigenvalue weighted by Crippen LogP contribution is -2.45. The van der Waals surface area contributed by atoms with Crippen molar-refractivity contribution in [3.63, 3.8) is 0 Å². The van der Waals surface area contributed by atoms with Crippen molar-refractivity contribution < 1.29 is 14.6 Å². The number of ketones is 1. The van der Waals surface area contributed by atoms with E-state index < -0.39 is 0 Å². The van der Waals surface area contributed by atoms with Gasteiger partial charge in [0.15, 0.2) is 0 Å². The normalized spacial score (nSPS) is 40.0. The molecule has 5 unspecified atom stereocenters. The molecule has 0 saturated heterocycles. The maximum atomic E-state index is 12.6. The third kappa shape index (κ3) is 1.81. The summed E-state index contributed by atoms with van der Waals surface area (Å²) in [6.07, 6.45) is 4.83. The van der Waals surface area contributed by atoms with Crippen LogP contribution in [0.25, 0.3) is 0 Å². The molecular formula is C19H24O3. The van der Waals surface area contributed by atoms with Gasteiger partial charge in [0.25, 0.3) is 0 Å². The number of carbonyl (C=O) groups excluding carboxylic acids is 1. The second-order valence-corrected chi connectivity index (χ2v) is 7.58. The number of phenols is 1. The smallest absolute Gasteiger partial charge is 0.141 e. The van der Waals surface area contributed by atoms with E-state index >= 15 is 0 Å². The number of fused-ring (bicyclic) bond motifs is 5. The first-order valence-corrected chi connectivity index (χ1v) is 8.42. The van der Waals surface area contributed by atoms with Gasteiger partial charge in [-0.15, -0.1) is 0 Å². The van der Waals surface area contributed by atoms with Crippen LogP contribution in [-0.4, -0.2) is 24.1 Å². The number of rotatable bonds is 1. The Hall–Kier alpha value is -1.35. The maximum absolute atomic E-state index is 12.6. The fourth-order valence-electron chi connectivity index (χ4n) is 5.60. The van der Waals surface area contributed by atoms with Crippen LogP contribution in [0, 0.1) is 17.3 Å². The zero-order chi connectivity index (χ0) is 15.5. The van der Waals surface area contributed by atoms with Crippen LogP contribution in [0.3, 0.4) is 0 Å². The quantitative estimate of drug-likeness (QED) is 0.864. The van der Waals surface area contributed by atoms with Gasteiger partial charge in [-0.05, 0) is 60.8 Å². The highest BCUT2D eigenvalue weighted by atomic mass is 16.5. The second kappa shape index (κ2) is 4.82. The van der Waals surface area contributed by atoms with E-state index in [1.807, 2.05) is 12.1 Å². The van der Waals surface area contributed by atoms with Crippen molar-refractivity contribution in [3.8, 4) is 5.75 Å². The zero-order valence-electron chi connectivity index (χ0n) is 13.3. The first kappa shape index (κ1) is 14.3. The van der Waals surface area contributed by atoms with Crippen LogP contribution in [0.1, 0.15) is 49.7 Å². The standard InChI is InChI=1S/C19H24O3/c1-19-8-7-14-13-6-4-12(20)9-11(13)3-5-15(14)18(19)16(22-2)10-17(19)21/h4,6,9,14-16,18,20H,3,5,7-8,10H2,1-2H3. The van der Waals surface area contributed by atoms with Crippen LogP contribution in [0.2, 0.25) is 0 Å². The number of hydrogen-bond acceptors (Lipinski definition) is 3. The third-order valence-corrected chi connectivity index (χ3v) is 6.69. The van der Waals surface area contributed by atoms with E-state index in [1.54, 1.807) is 7.11 Å². The number of phenolic OH excluding ortho intramolecular Hbond substituents is 1. The maximum Gasteiger partial charge on any atom is 0.141 e. The van der Waals surface area contributed by atoms with E-state index in [4.69, 9.17) is 4.74 Å². The fourth-order valence-corrected chi connectivity index (χ4v) is 5.60. The predicted molar refractivity (Wildman–Crippen MR) is 83.9 cm³/mol. The van der Waals surface area contributed by atoms with Crippen LogP contribution in [-0.2, 0) is 16.0 Å². The van der Waals surface area contributed by atoms with Crippen molar-refractivity contribution in [1.82, 2.24) is 0 Å². The van der Waals surface area contributed by atoms with Crippen molar-refractivity contribution in [2.75, 3.05) is 7.11 Å². The lowest BCUT2D eigenvalue weighted by atomic mass is 9.55. The van der Waals surface area contributed by atoms with Crippen LogP contribution in [0.4, 0.5) is 0 Å². The van der Waals surface area contributed by atoms with Gasteiger partial charge in [-0.25, -0.2) is 0 Å². The van der Waals surface area contributed by atoms with Gasteiger partial charge in [-0.1, -0.05) is 13.0 Å². The molecule has 0 heterocycles. The number of aryl methyl sites for hydroxylation is 1. The van der Waals surface area contributed by atoms with E-state index in [-0.39, 0.29) is 11.5 Å². The molecule has 22 heavy (non-hydrogen) atoms. The van der Waals surface area contributed by atoms with Gasteiger partial charge in [0.05, 0.1) is 6.10 Å². The zero-order valence-corrected chi connectivity index (χ0v) is 13.3. The van der Waals surface area contributed by atoms with Crippen LogP contribution < -0.4 is 0 Å². The minimum Gasteiger partial charge on any atom is -0.508 e. The molecule has 118 valence electrons. The van der Waals surface area contributed by atoms with Crippen LogP contribution in [0.5, 0.6) is 5.75 Å². The Kier molecular flexibility index (Phi) is 3.12. The highest BCUT2D eigenvalue weighted by molar-refractivity contribution is 5.88. The molecule has 3 aliphatic carbocycles. The topological polar surface area (TPSA) is 46.5 Å². The lowest BCUT2D eigenvalue weighted by Gasteiger charge is -2.49. The number of hydrogen-bond donors (Lipinski definition) is 1. The first-order chi connectivity index (χ1) is 10.5. The van der Waals surface area contributed by atoms with Gasteiger partial charge in [-0.3, -0.25) is 4.79 Å². The summed E-state index contributed by atoms with van der Waals surface area (Å²) in [7, 11) is 1.75. The molecule has 0 aliphatic heterocycles. The molecule has 0 spiro atoms. The van der Waals surface area contributed by atoms with Crippen LogP contribution >= 0.6 is 0 Å². The largest absolute Gasteiger partial charge is 0.508 e. The Morgan fingerprint density at radius 3 is 2.91 bits per heavy atom. The van der Waals surface area contributed by atoms with E-state index in [9.17, 15) is 9.90 Å². The van der Waals surface area contributed by atoms with Crippen molar-refractivity contribution in [2.24, 2.45) is 17.3 Å². The minimum atomic E-state index is -0.184. The summed E-state index contributed by atoms with van der Waals surface area (Å²) in [5, 5.41) is 9.73. The molecule has 0 amide bonds. The Balaban J connectivity index is 1.74. The molecule has 3 heteroatoms. The van der Waals surface area contributed by atoms with Crippen molar-refractivity contribution in [2.45, 2.75) is 51.0 Å². The molecule has 1 aromatic carbocycles. The molecule has 1 N–H and O–H groups in total. The summed E-state index contributed by atoms with van der Waals surface area (Å²) in [5.74, 6) is 2.17. The summed E-state index contributed by atoms with van der Waals surface area (Å²) in [5.41, 5.74) is 2.50. The van der Waals surface area contributed by atoms with Gasteiger partial charge in [0, 0.05) is 24.9 Å².